The third-order valence-corrected chi connectivity index (χ3v) is 4.09. The van der Waals surface area contributed by atoms with E-state index in [4.69, 9.17) is 0 Å². The van der Waals surface area contributed by atoms with E-state index in [0.29, 0.717) is 6.42 Å². The third-order valence-electron chi connectivity index (χ3n) is 3.20. The molecule has 1 unspecified atom stereocenters. The summed E-state index contributed by atoms with van der Waals surface area (Å²) in [7, 11) is -0.0552. The number of ether oxygens (including phenoxy) is 1. The number of nitrogens with one attached hydrogen (secondary N) is 1. The molecule has 0 amide bonds. The van der Waals surface area contributed by atoms with Crippen LogP contribution in [0.2, 0.25) is 19.6 Å². The predicted octanol–water partition coefficient (Wildman–Crippen LogP) is 3.71. The van der Waals surface area contributed by atoms with Crippen molar-refractivity contribution in [1.29, 1.82) is 0 Å². The first kappa shape index (κ1) is 19.2. The van der Waals surface area contributed by atoms with Crippen LogP contribution in [0.4, 0.5) is 0 Å². The molecule has 1 aromatic rings. The maximum absolute atomic E-state index is 11.2. The number of hydrogen-bond donors (Lipinski definition) is 1. The Morgan fingerprint density at radius 2 is 1.96 bits per heavy atom. The number of hydrogen-bond acceptors (Lipinski definition) is 3. The van der Waals surface area contributed by atoms with Gasteiger partial charge in [-0.15, -0.1) is 5.54 Å². The van der Waals surface area contributed by atoms with Crippen LogP contribution in [0.3, 0.4) is 0 Å². The van der Waals surface area contributed by atoms with E-state index >= 15 is 0 Å². The van der Waals surface area contributed by atoms with Gasteiger partial charge >= 0.3 is 5.97 Å². The molecule has 1 rings (SSSR count). The summed E-state index contributed by atoms with van der Waals surface area (Å²) in [5.74, 6) is 3.01. The average molecular weight is 330 g/mol. The molecular formula is C19H27NO2Si. The monoisotopic (exact) mass is 329 g/mol. The molecule has 0 aliphatic heterocycles. The molecule has 0 spiro atoms. The lowest BCUT2D eigenvalue weighted by Gasteiger charge is -2.19. The summed E-state index contributed by atoms with van der Waals surface area (Å²) in [4.78, 5) is 11.2. The lowest BCUT2D eigenvalue weighted by Crippen LogP contribution is -2.31. The molecule has 0 fully saturated rings. The SMILES string of the molecule is COC(=O)/C=C/CC(C#C[Si](C)(C)C)N[C@H](C)c1ccccc1. The van der Waals surface area contributed by atoms with E-state index in [1.807, 2.05) is 24.3 Å². The molecule has 23 heavy (non-hydrogen) atoms. The van der Waals surface area contributed by atoms with Gasteiger partial charge in [0.2, 0.25) is 0 Å². The van der Waals surface area contributed by atoms with Crippen LogP contribution in [0.1, 0.15) is 24.9 Å². The summed E-state index contributed by atoms with van der Waals surface area (Å²) < 4.78 is 4.62. The molecule has 0 heterocycles. The normalized spacial score (nSPS) is 14.0. The van der Waals surface area contributed by atoms with Gasteiger partial charge in [-0.25, -0.2) is 4.79 Å². The molecule has 0 aromatic heterocycles. The van der Waals surface area contributed by atoms with Gasteiger partial charge in [-0.1, -0.05) is 62.0 Å². The minimum Gasteiger partial charge on any atom is -0.466 e. The summed E-state index contributed by atoms with van der Waals surface area (Å²) in [5, 5.41) is 3.54. The molecule has 0 radical (unpaired) electrons. The van der Waals surface area contributed by atoms with E-state index < -0.39 is 8.07 Å². The fourth-order valence-corrected chi connectivity index (χ4v) is 2.59. The summed E-state index contributed by atoms with van der Waals surface area (Å²) in [6, 6.07) is 10.5. The molecule has 0 saturated carbocycles. The second kappa shape index (κ2) is 9.34. The smallest absolute Gasteiger partial charge is 0.330 e. The van der Waals surface area contributed by atoms with E-state index in [-0.39, 0.29) is 18.1 Å². The zero-order valence-electron chi connectivity index (χ0n) is 14.7. The maximum atomic E-state index is 11.2. The first-order valence-corrected chi connectivity index (χ1v) is 11.4. The van der Waals surface area contributed by atoms with Crippen LogP contribution in [-0.2, 0) is 9.53 Å². The Morgan fingerprint density at radius 1 is 1.30 bits per heavy atom. The van der Waals surface area contributed by atoms with E-state index in [1.165, 1.54) is 18.7 Å². The Morgan fingerprint density at radius 3 is 2.52 bits per heavy atom. The standard InChI is InChI=1S/C19H27NO2Si/c1-16(17-10-7-6-8-11-17)20-18(14-15-23(3,4)5)12-9-13-19(21)22-2/h6-11,13,16,18,20H,12H2,1-5H3/b13-9+/t16-,18?/m1/s1. The maximum Gasteiger partial charge on any atom is 0.330 e. The molecule has 3 nitrogen and oxygen atoms in total. The Hall–Kier alpha value is -1.83. The zero-order chi connectivity index (χ0) is 17.3. The number of carbonyl (C=O) groups is 1. The van der Waals surface area contributed by atoms with Gasteiger partial charge in [0.25, 0.3) is 0 Å². The zero-order valence-corrected chi connectivity index (χ0v) is 15.7. The minimum atomic E-state index is -1.44. The van der Waals surface area contributed by atoms with Gasteiger partial charge in [-0.05, 0) is 18.9 Å². The van der Waals surface area contributed by atoms with Crippen LogP contribution in [0.5, 0.6) is 0 Å². The van der Waals surface area contributed by atoms with Crippen molar-refractivity contribution in [1.82, 2.24) is 5.32 Å². The molecule has 4 heteroatoms. The molecule has 0 aliphatic carbocycles. The van der Waals surface area contributed by atoms with Gasteiger partial charge in [-0.3, -0.25) is 5.32 Å². The largest absolute Gasteiger partial charge is 0.466 e. The Labute approximate surface area is 141 Å². The molecule has 2 atom stereocenters. The number of rotatable bonds is 6. The Balaban J connectivity index is 2.79. The number of carbonyl (C=O) groups excluding carboxylic acids is 1. The first-order chi connectivity index (χ1) is 10.8. The van der Waals surface area contributed by atoms with Gasteiger partial charge in [0.1, 0.15) is 8.07 Å². The van der Waals surface area contributed by atoms with Crippen LogP contribution in [-0.4, -0.2) is 27.2 Å². The van der Waals surface area contributed by atoms with E-state index in [9.17, 15) is 4.79 Å². The van der Waals surface area contributed by atoms with Gasteiger partial charge in [-0.2, -0.15) is 0 Å². The van der Waals surface area contributed by atoms with Crippen LogP contribution >= 0.6 is 0 Å². The second-order valence-electron chi connectivity index (χ2n) is 6.53. The quantitative estimate of drug-likeness (QED) is 0.374. The molecule has 0 aliphatic rings. The van der Waals surface area contributed by atoms with Crippen LogP contribution < -0.4 is 5.32 Å². The van der Waals surface area contributed by atoms with Crippen molar-refractivity contribution in [3.05, 3.63) is 48.0 Å². The molecule has 1 aromatic carbocycles. The van der Waals surface area contributed by atoms with Crippen molar-refractivity contribution in [2.75, 3.05) is 7.11 Å². The van der Waals surface area contributed by atoms with Crippen molar-refractivity contribution in [3.63, 3.8) is 0 Å². The summed E-state index contributed by atoms with van der Waals surface area (Å²) in [5.41, 5.74) is 4.63. The van der Waals surface area contributed by atoms with Crippen LogP contribution in [0, 0.1) is 11.5 Å². The number of benzene rings is 1. The van der Waals surface area contributed by atoms with E-state index in [2.05, 4.69) is 60.2 Å². The number of esters is 1. The minimum absolute atomic E-state index is 0.0119. The van der Waals surface area contributed by atoms with Crippen molar-refractivity contribution in [2.45, 2.75) is 45.1 Å². The van der Waals surface area contributed by atoms with Gasteiger partial charge < -0.3 is 4.74 Å². The van der Waals surface area contributed by atoms with Crippen molar-refractivity contribution < 1.29 is 9.53 Å². The molecular weight excluding hydrogens is 302 g/mol. The second-order valence-corrected chi connectivity index (χ2v) is 11.3. The lowest BCUT2D eigenvalue weighted by molar-refractivity contribution is -0.134. The van der Waals surface area contributed by atoms with E-state index in [1.54, 1.807) is 0 Å². The average Bonchev–Trinajstić information content (AvgIpc) is 2.52. The van der Waals surface area contributed by atoms with Crippen LogP contribution in [0.25, 0.3) is 0 Å². The Kier molecular flexibility index (Phi) is 7.80. The van der Waals surface area contributed by atoms with Crippen LogP contribution in [0.15, 0.2) is 42.5 Å². The molecule has 0 saturated heterocycles. The van der Waals surface area contributed by atoms with E-state index in [0.717, 1.165) is 0 Å². The van der Waals surface area contributed by atoms with Crippen molar-refractivity contribution >= 4 is 14.0 Å². The van der Waals surface area contributed by atoms with Gasteiger partial charge in [0.05, 0.1) is 13.2 Å². The summed E-state index contributed by atoms with van der Waals surface area (Å²) in [6.07, 6.45) is 3.95. The fourth-order valence-electron chi connectivity index (χ4n) is 1.98. The molecule has 1 N–H and O–H groups in total. The lowest BCUT2D eigenvalue weighted by atomic mass is 10.1. The fraction of sp³-hybridized carbons (Fsp3) is 0.421. The molecule has 124 valence electrons. The number of methoxy groups -OCH3 is 1. The van der Waals surface area contributed by atoms with Gasteiger partial charge in [0, 0.05) is 12.1 Å². The Bertz CT molecular complexity index is 579. The van der Waals surface area contributed by atoms with Crippen molar-refractivity contribution in [3.8, 4) is 11.5 Å². The topological polar surface area (TPSA) is 38.3 Å². The highest BCUT2D eigenvalue weighted by Gasteiger charge is 2.12. The van der Waals surface area contributed by atoms with Crippen molar-refractivity contribution in [2.24, 2.45) is 0 Å². The highest BCUT2D eigenvalue weighted by Crippen LogP contribution is 2.13. The third kappa shape index (κ3) is 8.39. The molecule has 0 bridgehead atoms. The highest BCUT2D eigenvalue weighted by atomic mass is 28.3. The summed E-state index contributed by atoms with van der Waals surface area (Å²) >= 11 is 0. The summed E-state index contributed by atoms with van der Waals surface area (Å²) in [6.45, 7) is 8.80. The first-order valence-electron chi connectivity index (χ1n) is 7.90. The predicted molar refractivity (Wildman–Crippen MR) is 98.7 cm³/mol. The van der Waals surface area contributed by atoms with Gasteiger partial charge in [0.15, 0.2) is 0 Å². The highest BCUT2D eigenvalue weighted by molar-refractivity contribution is 6.83.